The fourth-order valence-electron chi connectivity index (χ4n) is 1.08. The van der Waals surface area contributed by atoms with Crippen molar-refractivity contribution in [3.05, 3.63) is 17.5 Å². The minimum Gasteiger partial charge on any atom is -0.282 e. The molecule has 2 nitrogen and oxygen atoms in total. The molecule has 0 aromatic carbocycles. The molecule has 0 aliphatic carbocycles. The maximum atomic E-state index is 12.3. The molecular weight excluding hydrogens is 162 g/mol. The van der Waals surface area contributed by atoms with Crippen molar-refractivity contribution in [1.82, 2.24) is 10.2 Å². The van der Waals surface area contributed by atoms with E-state index >= 15 is 0 Å². The van der Waals surface area contributed by atoms with Gasteiger partial charge >= 0.3 is 0 Å². The van der Waals surface area contributed by atoms with Crippen LogP contribution in [0.1, 0.15) is 31.5 Å². The summed E-state index contributed by atoms with van der Waals surface area (Å²) < 4.78 is 24.5. The Kier molecular flexibility index (Phi) is 2.78. The lowest BCUT2D eigenvalue weighted by Crippen LogP contribution is -1.98. The summed E-state index contributed by atoms with van der Waals surface area (Å²) in [7, 11) is 0. The summed E-state index contributed by atoms with van der Waals surface area (Å²) in [5, 5.41) is 6.18. The van der Waals surface area contributed by atoms with Gasteiger partial charge in [0.1, 0.15) is 0 Å². The van der Waals surface area contributed by atoms with Crippen LogP contribution in [-0.4, -0.2) is 10.2 Å². The third kappa shape index (κ3) is 2.03. The number of nitrogens with zero attached hydrogens (tertiary/aromatic N) is 1. The summed E-state index contributed by atoms with van der Waals surface area (Å²) in [6, 6.07) is 0. The zero-order chi connectivity index (χ0) is 9.14. The maximum absolute atomic E-state index is 12.3. The fourth-order valence-corrected chi connectivity index (χ4v) is 1.08. The van der Waals surface area contributed by atoms with Crippen LogP contribution in [0.5, 0.6) is 0 Å². The van der Waals surface area contributed by atoms with Crippen LogP contribution in [0.25, 0.3) is 0 Å². The zero-order valence-electron chi connectivity index (χ0n) is 7.14. The lowest BCUT2D eigenvalue weighted by atomic mass is 10.1. The third-order valence-corrected chi connectivity index (χ3v) is 1.60. The molecule has 12 heavy (non-hydrogen) atoms. The van der Waals surface area contributed by atoms with Gasteiger partial charge in [0, 0.05) is 5.69 Å². The first-order chi connectivity index (χ1) is 5.61. The first-order valence-electron chi connectivity index (χ1n) is 3.91. The Hall–Kier alpha value is -0.930. The third-order valence-electron chi connectivity index (χ3n) is 1.60. The number of alkyl halides is 2. The summed E-state index contributed by atoms with van der Waals surface area (Å²) in [4.78, 5) is 0. The number of halogens is 2. The van der Waals surface area contributed by atoms with E-state index in [-0.39, 0.29) is 5.56 Å². The summed E-state index contributed by atoms with van der Waals surface area (Å²) in [5.41, 5.74) is 0.587. The average molecular weight is 174 g/mol. The fraction of sp³-hybridized carbons (Fsp3) is 0.625. The van der Waals surface area contributed by atoms with Crippen LogP contribution in [0, 0.1) is 5.92 Å². The van der Waals surface area contributed by atoms with E-state index < -0.39 is 6.43 Å². The van der Waals surface area contributed by atoms with Crippen molar-refractivity contribution in [2.75, 3.05) is 0 Å². The van der Waals surface area contributed by atoms with Gasteiger partial charge in [-0.3, -0.25) is 5.10 Å². The minimum atomic E-state index is -2.42. The van der Waals surface area contributed by atoms with Crippen molar-refractivity contribution >= 4 is 0 Å². The van der Waals surface area contributed by atoms with Gasteiger partial charge in [0.25, 0.3) is 6.43 Å². The average Bonchev–Trinajstić information content (AvgIpc) is 2.33. The second-order valence-corrected chi connectivity index (χ2v) is 3.20. The number of nitrogens with one attached hydrogen (secondary N) is 1. The molecule has 1 aromatic rings. The predicted octanol–water partition coefficient (Wildman–Crippen LogP) is 2.55. The molecule has 0 atom stereocenters. The molecule has 1 heterocycles. The number of aromatic nitrogens is 2. The highest BCUT2D eigenvalue weighted by molar-refractivity contribution is 5.17. The highest BCUT2D eigenvalue weighted by atomic mass is 19.3. The predicted molar refractivity (Wildman–Crippen MR) is 42.1 cm³/mol. The molecule has 68 valence electrons. The number of aromatic amines is 1. The van der Waals surface area contributed by atoms with E-state index in [1.807, 2.05) is 13.8 Å². The monoisotopic (exact) mass is 174 g/mol. The number of hydrogen-bond donors (Lipinski definition) is 1. The minimum absolute atomic E-state index is 0.0312. The van der Waals surface area contributed by atoms with E-state index in [1.54, 1.807) is 0 Å². The number of rotatable bonds is 3. The van der Waals surface area contributed by atoms with E-state index in [1.165, 1.54) is 6.20 Å². The molecule has 0 saturated heterocycles. The van der Waals surface area contributed by atoms with Gasteiger partial charge in [0.05, 0.1) is 11.8 Å². The Labute approximate surface area is 70.0 Å². The standard InChI is InChI=1S/C8H12F2N2/c1-5(2)3-7-6(8(9)10)4-11-12-7/h4-5,8H,3H2,1-2H3,(H,11,12). The molecule has 0 bridgehead atoms. The van der Waals surface area contributed by atoms with E-state index in [9.17, 15) is 8.78 Å². The second-order valence-electron chi connectivity index (χ2n) is 3.20. The van der Waals surface area contributed by atoms with Crippen LogP contribution < -0.4 is 0 Å². The number of hydrogen-bond acceptors (Lipinski definition) is 1. The Morgan fingerprint density at radius 3 is 2.67 bits per heavy atom. The summed E-state index contributed by atoms with van der Waals surface area (Å²) in [5.74, 6) is 0.364. The molecule has 1 aromatic heterocycles. The molecule has 0 aliphatic heterocycles. The first-order valence-corrected chi connectivity index (χ1v) is 3.91. The van der Waals surface area contributed by atoms with Gasteiger partial charge in [0.15, 0.2) is 0 Å². The van der Waals surface area contributed by atoms with Crippen LogP contribution in [0.15, 0.2) is 6.20 Å². The molecule has 1 N–H and O–H groups in total. The second kappa shape index (κ2) is 3.65. The molecule has 0 amide bonds. The van der Waals surface area contributed by atoms with Crippen molar-refractivity contribution in [2.24, 2.45) is 5.92 Å². The topological polar surface area (TPSA) is 28.7 Å². The van der Waals surface area contributed by atoms with Crippen LogP contribution in [0.2, 0.25) is 0 Å². The quantitative estimate of drug-likeness (QED) is 0.749. The Balaban J connectivity index is 2.77. The zero-order valence-corrected chi connectivity index (χ0v) is 7.14. The van der Waals surface area contributed by atoms with Crippen LogP contribution in [0.4, 0.5) is 8.78 Å². The Morgan fingerprint density at radius 2 is 2.17 bits per heavy atom. The summed E-state index contributed by atoms with van der Waals surface area (Å²) in [6.45, 7) is 3.96. The van der Waals surface area contributed by atoms with Gasteiger partial charge in [-0.1, -0.05) is 13.8 Å². The molecule has 1 rings (SSSR count). The van der Waals surface area contributed by atoms with Crippen LogP contribution >= 0.6 is 0 Å². The lowest BCUT2D eigenvalue weighted by Gasteiger charge is -2.04. The number of H-pyrrole nitrogens is 1. The molecule has 0 aliphatic rings. The van der Waals surface area contributed by atoms with Crippen molar-refractivity contribution in [3.8, 4) is 0 Å². The van der Waals surface area contributed by atoms with Gasteiger partial charge < -0.3 is 0 Å². The maximum Gasteiger partial charge on any atom is 0.267 e. The van der Waals surface area contributed by atoms with E-state index in [4.69, 9.17) is 0 Å². The Bertz CT molecular complexity index is 243. The smallest absolute Gasteiger partial charge is 0.267 e. The van der Waals surface area contributed by atoms with Gasteiger partial charge in [-0.2, -0.15) is 5.10 Å². The van der Waals surface area contributed by atoms with Gasteiger partial charge in [-0.15, -0.1) is 0 Å². The van der Waals surface area contributed by atoms with E-state index in [0.717, 1.165) is 0 Å². The van der Waals surface area contributed by atoms with Crippen molar-refractivity contribution in [2.45, 2.75) is 26.7 Å². The molecule has 0 spiro atoms. The highest BCUT2D eigenvalue weighted by Gasteiger charge is 2.15. The largest absolute Gasteiger partial charge is 0.282 e. The Morgan fingerprint density at radius 1 is 1.50 bits per heavy atom. The SMILES string of the molecule is CC(C)Cc1[nH]ncc1C(F)F. The van der Waals surface area contributed by atoms with Gasteiger partial charge in [-0.05, 0) is 12.3 Å². The van der Waals surface area contributed by atoms with Crippen molar-refractivity contribution in [3.63, 3.8) is 0 Å². The highest BCUT2D eigenvalue weighted by Crippen LogP contribution is 2.22. The molecule has 4 heteroatoms. The first kappa shape index (κ1) is 9.16. The van der Waals surface area contributed by atoms with Crippen molar-refractivity contribution < 1.29 is 8.78 Å². The van der Waals surface area contributed by atoms with Crippen LogP contribution in [-0.2, 0) is 6.42 Å². The molecule has 0 saturated carbocycles. The summed E-state index contributed by atoms with van der Waals surface area (Å²) in [6.07, 6.45) is -0.598. The molecule has 0 fully saturated rings. The van der Waals surface area contributed by atoms with Crippen LogP contribution in [0.3, 0.4) is 0 Å². The molecule has 0 unspecified atom stereocenters. The summed E-state index contributed by atoms with van der Waals surface area (Å²) >= 11 is 0. The van der Waals surface area contributed by atoms with E-state index in [0.29, 0.717) is 18.0 Å². The van der Waals surface area contributed by atoms with Gasteiger partial charge in [0.2, 0.25) is 0 Å². The molecular formula is C8H12F2N2. The normalized spacial score (nSPS) is 11.5. The lowest BCUT2D eigenvalue weighted by molar-refractivity contribution is 0.150. The van der Waals surface area contributed by atoms with Crippen molar-refractivity contribution in [1.29, 1.82) is 0 Å². The molecule has 0 radical (unpaired) electrons. The van der Waals surface area contributed by atoms with Gasteiger partial charge in [-0.25, -0.2) is 8.78 Å². The van der Waals surface area contributed by atoms with E-state index in [2.05, 4.69) is 10.2 Å².